The Morgan fingerprint density at radius 1 is 1.33 bits per heavy atom. The van der Waals surface area contributed by atoms with Crippen molar-refractivity contribution < 1.29 is 23.0 Å². The average Bonchev–Trinajstić information content (AvgIpc) is 3.37. The average molecular weight is 414 g/mol. The summed E-state index contributed by atoms with van der Waals surface area (Å²) < 4.78 is 38.9. The molecule has 0 radical (unpaired) electrons. The van der Waals surface area contributed by atoms with Crippen LogP contribution in [0.3, 0.4) is 0 Å². The maximum atomic E-state index is 12.9. The van der Waals surface area contributed by atoms with Gasteiger partial charge in [-0.15, -0.1) is 0 Å². The lowest BCUT2D eigenvalue weighted by molar-refractivity contribution is 0.00383. The van der Waals surface area contributed by atoms with Crippen LogP contribution in [0.4, 0.5) is 14.6 Å². The number of halogens is 2. The number of alkyl halides is 2. The van der Waals surface area contributed by atoms with Crippen molar-refractivity contribution in [3.63, 3.8) is 0 Å². The first-order chi connectivity index (χ1) is 14.3. The number of hydrogen-bond donors (Lipinski definition) is 1. The lowest BCUT2D eigenvalue weighted by Gasteiger charge is -2.42. The molecule has 1 saturated carbocycles. The van der Waals surface area contributed by atoms with Gasteiger partial charge >= 0.3 is 0 Å². The molecule has 0 spiro atoms. The number of nitrogens with one attached hydrogen (secondary N) is 1. The number of nitrogens with zero attached hydrogens (tertiary/aromatic N) is 3. The van der Waals surface area contributed by atoms with Crippen LogP contribution in [0.5, 0.6) is 5.75 Å². The van der Waals surface area contributed by atoms with Crippen LogP contribution in [-0.4, -0.2) is 40.0 Å². The SMILES string of the molecule is COc1cc2nn(C34COC(C)(C3)C4)cc2cc1C(=O)Nc1cccc(C(F)F)n1. The van der Waals surface area contributed by atoms with Crippen LogP contribution < -0.4 is 10.1 Å². The van der Waals surface area contributed by atoms with Crippen LogP contribution in [-0.2, 0) is 10.3 Å². The second-order valence-electron chi connectivity index (χ2n) is 8.20. The monoisotopic (exact) mass is 414 g/mol. The minimum atomic E-state index is -2.72. The zero-order valence-corrected chi connectivity index (χ0v) is 16.5. The zero-order chi connectivity index (χ0) is 21.1. The number of rotatable bonds is 5. The molecule has 30 heavy (non-hydrogen) atoms. The molecule has 1 amide bonds. The molecule has 6 rings (SSSR count). The Hall–Kier alpha value is -3.07. The summed E-state index contributed by atoms with van der Waals surface area (Å²) in [5.74, 6) is -0.112. The zero-order valence-electron chi connectivity index (χ0n) is 16.5. The largest absolute Gasteiger partial charge is 0.496 e. The van der Waals surface area contributed by atoms with Gasteiger partial charge in [-0.1, -0.05) is 6.07 Å². The van der Waals surface area contributed by atoms with E-state index in [2.05, 4.69) is 22.3 Å². The summed E-state index contributed by atoms with van der Waals surface area (Å²) in [7, 11) is 1.46. The smallest absolute Gasteiger partial charge is 0.280 e. The quantitative estimate of drug-likeness (QED) is 0.685. The van der Waals surface area contributed by atoms with Crippen molar-refractivity contribution in [3.05, 3.63) is 47.8 Å². The minimum Gasteiger partial charge on any atom is -0.496 e. The molecule has 2 aromatic heterocycles. The summed E-state index contributed by atoms with van der Waals surface area (Å²) in [4.78, 5) is 16.6. The molecule has 3 aliphatic rings. The molecule has 1 aromatic carbocycles. The number of benzene rings is 1. The Balaban J connectivity index is 1.46. The molecule has 3 fully saturated rings. The summed E-state index contributed by atoms with van der Waals surface area (Å²) in [5.41, 5.74) is 0.370. The highest BCUT2D eigenvalue weighted by Crippen LogP contribution is 2.55. The van der Waals surface area contributed by atoms with E-state index >= 15 is 0 Å². The van der Waals surface area contributed by atoms with E-state index in [1.165, 1.54) is 25.3 Å². The fourth-order valence-electron chi connectivity index (χ4n) is 4.55. The van der Waals surface area contributed by atoms with Gasteiger partial charge in [0.2, 0.25) is 0 Å². The maximum absolute atomic E-state index is 12.9. The van der Waals surface area contributed by atoms with Crippen molar-refractivity contribution in [2.75, 3.05) is 19.0 Å². The van der Waals surface area contributed by atoms with Crippen molar-refractivity contribution in [1.82, 2.24) is 14.8 Å². The van der Waals surface area contributed by atoms with E-state index in [0.717, 1.165) is 18.2 Å². The van der Waals surface area contributed by atoms with Gasteiger partial charge in [0.15, 0.2) is 0 Å². The molecule has 2 saturated heterocycles. The fourth-order valence-corrected chi connectivity index (χ4v) is 4.55. The number of amides is 1. The Morgan fingerprint density at radius 2 is 2.13 bits per heavy atom. The van der Waals surface area contributed by atoms with E-state index < -0.39 is 18.0 Å². The highest BCUT2D eigenvalue weighted by molar-refractivity contribution is 6.08. The standard InChI is InChI=1S/C21H20F2N4O3/c1-20-9-21(10-20,11-30-20)27-8-12-6-13(16(29-2)7-15(12)26-27)19(28)25-17-5-3-4-14(24-17)18(22)23/h3-8,18H,9-11H2,1-2H3,(H,24,25,28). The van der Waals surface area contributed by atoms with E-state index in [1.54, 1.807) is 12.1 Å². The maximum Gasteiger partial charge on any atom is 0.280 e. The molecule has 1 aliphatic carbocycles. The third-order valence-corrected chi connectivity index (χ3v) is 5.89. The minimum absolute atomic E-state index is 0.0476. The second kappa shape index (κ2) is 6.46. The lowest BCUT2D eigenvalue weighted by Crippen LogP contribution is -2.49. The van der Waals surface area contributed by atoms with Gasteiger partial charge in [-0.05, 0) is 25.1 Å². The normalized spacial score (nSPS) is 24.8. The van der Waals surface area contributed by atoms with E-state index in [9.17, 15) is 13.6 Å². The molecular weight excluding hydrogens is 394 g/mol. The summed E-state index contributed by atoms with van der Waals surface area (Å²) >= 11 is 0. The van der Waals surface area contributed by atoms with Gasteiger partial charge in [0.25, 0.3) is 12.3 Å². The predicted octanol–water partition coefficient (Wildman–Crippen LogP) is 3.91. The summed E-state index contributed by atoms with van der Waals surface area (Å²) in [6.45, 7) is 2.72. The van der Waals surface area contributed by atoms with Crippen LogP contribution in [0.25, 0.3) is 10.9 Å². The van der Waals surface area contributed by atoms with Crippen LogP contribution >= 0.6 is 0 Å². The Kier molecular flexibility index (Phi) is 4.08. The van der Waals surface area contributed by atoms with Crippen LogP contribution in [0.1, 0.15) is 42.2 Å². The van der Waals surface area contributed by atoms with E-state index in [-0.39, 0.29) is 22.5 Å². The number of hydrogen-bond acceptors (Lipinski definition) is 5. The first kappa shape index (κ1) is 18.9. The molecule has 156 valence electrons. The fraction of sp³-hybridized carbons (Fsp3) is 0.381. The second-order valence-corrected chi connectivity index (χ2v) is 8.20. The number of fused-ring (bicyclic) bond motifs is 2. The van der Waals surface area contributed by atoms with Gasteiger partial charge in [0.05, 0.1) is 35.9 Å². The van der Waals surface area contributed by atoms with Gasteiger partial charge in [-0.2, -0.15) is 5.10 Å². The summed E-state index contributed by atoms with van der Waals surface area (Å²) in [5, 5.41) is 8.04. The topological polar surface area (TPSA) is 78.3 Å². The third kappa shape index (κ3) is 2.92. The van der Waals surface area contributed by atoms with E-state index in [0.29, 0.717) is 17.9 Å². The van der Waals surface area contributed by atoms with Crippen molar-refractivity contribution in [1.29, 1.82) is 0 Å². The highest BCUT2D eigenvalue weighted by atomic mass is 19.3. The molecule has 4 heterocycles. The Bertz CT molecular complexity index is 1150. The van der Waals surface area contributed by atoms with Crippen LogP contribution in [0.15, 0.2) is 36.5 Å². The van der Waals surface area contributed by atoms with Gasteiger partial charge in [0, 0.05) is 30.5 Å². The number of carbonyl (C=O) groups excluding carboxylic acids is 1. The summed E-state index contributed by atoms with van der Waals surface area (Å²) in [6, 6.07) is 7.48. The third-order valence-electron chi connectivity index (χ3n) is 5.89. The van der Waals surface area contributed by atoms with Crippen molar-refractivity contribution in [2.24, 2.45) is 0 Å². The molecule has 3 aromatic rings. The van der Waals surface area contributed by atoms with Crippen molar-refractivity contribution in [2.45, 2.75) is 37.3 Å². The van der Waals surface area contributed by atoms with Gasteiger partial charge < -0.3 is 14.8 Å². The number of aromatic nitrogens is 3. The Morgan fingerprint density at radius 3 is 2.80 bits per heavy atom. The molecule has 2 bridgehead atoms. The molecule has 9 heteroatoms. The molecule has 0 unspecified atom stereocenters. The van der Waals surface area contributed by atoms with Crippen molar-refractivity contribution in [3.8, 4) is 5.75 Å². The van der Waals surface area contributed by atoms with Crippen LogP contribution in [0.2, 0.25) is 0 Å². The first-order valence-corrected chi connectivity index (χ1v) is 9.59. The molecule has 0 atom stereocenters. The molecule has 1 N–H and O–H groups in total. The van der Waals surface area contributed by atoms with Gasteiger partial charge in [-0.25, -0.2) is 13.8 Å². The van der Waals surface area contributed by atoms with Crippen molar-refractivity contribution >= 4 is 22.6 Å². The van der Waals surface area contributed by atoms with E-state index in [4.69, 9.17) is 9.47 Å². The predicted molar refractivity (Wildman–Crippen MR) is 105 cm³/mol. The number of ether oxygens (including phenoxy) is 2. The van der Waals surface area contributed by atoms with Crippen LogP contribution in [0, 0.1) is 0 Å². The molecule has 2 aliphatic heterocycles. The number of carbonyl (C=O) groups is 1. The lowest BCUT2D eigenvalue weighted by atomic mass is 9.69. The molecular formula is C21H20F2N4O3. The number of anilines is 1. The molecule has 7 nitrogen and oxygen atoms in total. The van der Waals surface area contributed by atoms with Gasteiger partial charge in [-0.3, -0.25) is 9.48 Å². The van der Waals surface area contributed by atoms with Gasteiger partial charge in [0.1, 0.15) is 17.3 Å². The first-order valence-electron chi connectivity index (χ1n) is 9.59. The van der Waals surface area contributed by atoms with E-state index in [1.807, 2.05) is 10.9 Å². The highest BCUT2D eigenvalue weighted by Gasteiger charge is 2.61. The summed E-state index contributed by atoms with van der Waals surface area (Å²) in [6.07, 6.45) is 1.01. The Labute approximate surface area is 171 Å². The number of methoxy groups -OCH3 is 1. The number of pyridine rings is 1.